The molecule has 1 aromatic heterocycles. The highest BCUT2D eigenvalue weighted by atomic mass is 16.1. The Labute approximate surface area is 171 Å². The van der Waals surface area contributed by atoms with E-state index in [0.29, 0.717) is 12.0 Å². The van der Waals surface area contributed by atoms with Gasteiger partial charge in [0, 0.05) is 44.5 Å². The smallest absolute Gasteiger partial charge is 0.225 e. The van der Waals surface area contributed by atoms with Crippen LogP contribution in [0, 0.1) is 0 Å². The largest absolute Gasteiger partial charge is 0.368 e. The molecule has 0 radical (unpaired) electrons. The van der Waals surface area contributed by atoms with Crippen molar-refractivity contribution in [3.05, 3.63) is 83.7 Å². The van der Waals surface area contributed by atoms with Crippen molar-refractivity contribution in [1.82, 2.24) is 9.97 Å². The van der Waals surface area contributed by atoms with Crippen molar-refractivity contribution in [2.24, 2.45) is 0 Å². The van der Waals surface area contributed by atoms with Gasteiger partial charge < -0.3 is 9.80 Å². The average molecular weight is 384 g/mol. The third kappa shape index (κ3) is 3.60. The number of rotatable bonds is 3. The third-order valence-electron chi connectivity index (χ3n) is 5.98. The van der Waals surface area contributed by atoms with Crippen molar-refractivity contribution in [2.45, 2.75) is 18.8 Å². The van der Waals surface area contributed by atoms with E-state index in [9.17, 15) is 4.79 Å². The van der Waals surface area contributed by atoms with E-state index in [-0.39, 0.29) is 11.7 Å². The summed E-state index contributed by atoms with van der Waals surface area (Å²) in [5, 5.41) is 0. The van der Waals surface area contributed by atoms with Crippen molar-refractivity contribution in [3.8, 4) is 0 Å². The molecule has 3 aromatic rings. The SMILES string of the molecule is O=C1C[C@@H](c2ccccc2)Cc2nc(N3CCN(c4ccccc4)CC3)ncc21. The maximum absolute atomic E-state index is 12.7. The van der Waals surface area contributed by atoms with E-state index in [1.807, 2.05) is 24.3 Å². The lowest BCUT2D eigenvalue weighted by atomic mass is 9.82. The number of fused-ring (bicyclic) bond motifs is 1. The summed E-state index contributed by atoms with van der Waals surface area (Å²) in [6.07, 6.45) is 3.07. The predicted octanol–water partition coefficient (Wildman–Crippen LogP) is 3.72. The Morgan fingerprint density at radius 1 is 0.793 bits per heavy atom. The minimum absolute atomic E-state index is 0.153. The Morgan fingerprint density at radius 2 is 1.45 bits per heavy atom. The topological polar surface area (TPSA) is 49.3 Å². The van der Waals surface area contributed by atoms with Crippen molar-refractivity contribution in [3.63, 3.8) is 0 Å². The molecule has 0 unspecified atom stereocenters. The van der Waals surface area contributed by atoms with Crippen molar-refractivity contribution in [1.29, 1.82) is 0 Å². The molecule has 2 aliphatic rings. The summed E-state index contributed by atoms with van der Waals surface area (Å²) in [7, 11) is 0. The summed E-state index contributed by atoms with van der Waals surface area (Å²) in [6.45, 7) is 3.64. The first-order valence-corrected chi connectivity index (χ1v) is 10.3. The molecule has 1 aliphatic carbocycles. The van der Waals surface area contributed by atoms with Gasteiger partial charge in [0.05, 0.1) is 11.3 Å². The number of hydrogen-bond acceptors (Lipinski definition) is 5. The summed E-state index contributed by atoms with van der Waals surface area (Å²) in [6, 6.07) is 20.8. The molecule has 0 amide bonds. The van der Waals surface area contributed by atoms with E-state index >= 15 is 0 Å². The van der Waals surface area contributed by atoms with Gasteiger partial charge in [0.2, 0.25) is 5.95 Å². The number of aromatic nitrogens is 2. The van der Waals surface area contributed by atoms with Gasteiger partial charge in [0.25, 0.3) is 0 Å². The number of benzene rings is 2. The minimum atomic E-state index is 0.153. The Kier molecular flexibility index (Phi) is 4.72. The Morgan fingerprint density at radius 3 is 2.17 bits per heavy atom. The summed E-state index contributed by atoms with van der Waals surface area (Å²) < 4.78 is 0. The Bertz CT molecular complexity index is 998. The first-order chi connectivity index (χ1) is 14.3. The molecule has 1 atom stereocenters. The van der Waals surface area contributed by atoms with Crippen LogP contribution >= 0.6 is 0 Å². The van der Waals surface area contributed by atoms with Gasteiger partial charge in [0.1, 0.15) is 0 Å². The number of ketones is 1. The number of Topliss-reactive ketones (excluding diaryl/α,β-unsaturated/α-hetero) is 1. The van der Waals surface area contributed by atoms with E-state index in [1.165, 1.54) is 11.3 Å². The van der Waals surface area contributed by atoms with E-state index in [4.69, 9.17) is 4.98 Å². The Hall–Kier alpha value is -3.21. The zero-order valence-electron chi connectivity index (χ0n) is 16.4. The molecule has 5 nitrogen and oxygen atoms in total. The average Bonchev–Trinajstić information content (AvgIpc) is 2.80. The summed E-state index contributed by atoms with van der Waals surface area (Å²) in [4.78, 5) is 26.7. The van der Waals surface area contributed by atoms with Crippen LogP contribution in [0.25, 0.3) is 0 Å². The van der Waals surface area contributed by atoms with Crippen LogP contribution < -0.4 is 9.80 Å². The van der Waals surface area contributed by atoms with E-state index in [0.717, 1.165) is 44.2 Å². The van der Waals surface area contributed by atoms with E-state index in [2.05, 4.69) is 51.2 Å². The number of piperazine rings is 1. The second kappa shape index (κ2) is 7.66. The van der Waals surface area contributed by atoms with Gasteiger partial charge in [-0.15, -0.1) is 0 Å². The molecule has 0 spiro atoms. The number of nitrogens with zero attached hydrogens (tertiary/aromatic N) is 4. The molecule has 0 saturated carbocycles. The molecular formula is C24H24N4O. The lowest BCUT2D eigenvalue weighted by Gasteiger charge is -2.36. The molecule has 146 valence electrons. The highest BCUT2D eigenvalue weighted by molar-refractivity contribution is 5.98. The normalized spacial score (nSPS) is 19.2. The second-order valence-corrected chi connectivity index (χ2v) is 7.78. The number of carbonyl (C=O) groups is 1. The number of hydrogen-bond donors (Lipinski definition) is 0. The second-order valence-electron chi connectivity index (χ2n) is 7.78. The van der Waals surface area contributed by atoms with Crippen LogP contribution in [0.3, 0.4) is 0 Å². The van der Waals surface area contributed by atoms with Gasteiger partial charge in [-0.2, -0.15) is 0 Å². The van der Waals surface area contributed by atoms with Crippen LogP contribution in [0.15, 0.2) is 66.9 Å². The van der Waals surface area contributed by atoms with Crippen molar-refractivity contribution in [2.75, 3.05) is 36.0 Å². The van der Waals surface area contributed by atoms with Crippen LogP contribution in [0.1, 0.15) is 34.0 Å². The molecule has 1 fully saturated rings. The molecule has 2 heterocycles. The molecule has 5 heteroatoms. The summed E-state index contributed by atoms with van der Waals surface area (Å²) in [5.41, 5.74) is 4.06. The van der Waals surface area contributed by atoms with Gasteiger partial charge >= 0.3 is 0 Å². The van der Waals surface area contributed by atoms with Gasteiger partial charge in [-0.3, -0.25) is 4.79 Å². The minimum Gasteiger partial charge on any atom is -0.368 e. The van der Waals surface area contributed by atoms with Crippen LogP contribution in [0.4, 0.5) is 11.6 Å². The van der Waals surface area contributed by atoms with E-state index in [1.54, 1.807) is 6.20 Å². The highest BCUT2D eigenvalue weighted by Crippen LogP contribution is 2.32. The van der Waals surface area contributed by atoms with E-state index < -0.39 is 0 Å². The number of anilines is 2. The monoisotopic (exact) mass is 384 g/mol. The molecule has 5 rings (SSSR count). The fourth-order valence-corrected chi connectivity index (χ4v) is 4.35. The summed E-state index contributed by atoms with van der Waals surface area (Å²) >= 11 is 0. The maximum Gasteiger partial charge on any atom is 0.225 e. The summed E-state index contributed by atoms with van der Waals surface area (Å²) in [5.74, 6) is 1.10. The zero-order chi connectivity index (χ0) is 19.6. The fourth-order valence-electron chi connectivity index (χ4n) is 4.35. The fraction of sp³-hybridized carbons (Fsp3) is 0.292. The van der Waals surface area contributed by atoms with Gasteiger partial charge in [-0.05, 0) is 30.0 Å². The zero-order valence-corrected chi connectivity index (χ0v) is 16.4. The lowest BCUT2D eigenvalue weighted by Crippen LogP contribution is -2.47. The standard InChI is InChI=1S/C24H24N4O/c29-23-16-19(18-7-3-1-4-8-18)15-22-21(23)17-25-24(26-22)28-13-11-27(12-14-28)20-9-5-2-6-10-20/h1-10,17,19H,11-16H2/t19-/m0/s1. The molecule has 29 heavy (non-hydrogen) atoms. The number of para-hydroxylation sites is 1. The highest BCUT2D eigenvalue weighted by Gasteiger charge is 2.29. The van der Waals surface area contributed by atoms with Gasteiger partial charge in [-0.1, -0.05) is 48.5 Å². The molecule has 0 N–H and O–H groups in total. The van der Waals surface area contributed by atoms with Gasteiger partial charge in [-0.25, -0.2) is 9.97 Å². The van der Waals surface area contributed by atoms with Crippen LogP contribution in [0.5, 0.6) is 0 Å². The molecule has 1 saturated heterocycles. The first-order valence-electron chi connectivity index (χ1n) is 10.3. The van der Waals surface area contributed by atoms with Crippen LogP contribution in [0.2, 0.25) is 0 Å². The lowest BCUT2D eigenvalue weighted by molar-refractivity contribution is 0.0962. The molecule has 2 aromatic carbocycles. The Balaban J connectivity index is 1.33. The van der Waals surface area contributed by atoms with Crippen molar-refractivity contribution >= 4 is 17.4 Å². The number of carbonyl (C=O) groups excluding carboxylic acids is 1. The van der Waals surface area contributed by atoms with Crippen molar-refractivity contribution < 1.29 is 4.79 Å². The molecular weight excluding hydrogens is 360 g/mol. The molecule has 1 aliphatic heterocycles. The molecule has 0 bridgehead atoms. The predicted molar refractivity (Wildman–Crippen MR) is 115 cm³/mol. The van der Waals surface area contributed by atoms with Gasteiger partial charge in [0.15, 0.2) is 5.78 Å². The van der Waals surface area contributed by atoms with Crippen LogP contribution in [-0.2, 0) is 6.42 Å². The third-order valence-corrected chi connectivity index (χ3v) is 5.98. The first kappa shape index (κ1) is 17.9. The maximum atomic E-state index is 12.7. The van der Waals surface area contributed by atoms with Crippen LogP contribution in [-0.4, -0.2) is 41.9 Å². The quantitative estimate of drug-likeness (QED) is 0.689.